The number of ketones is 1. The summed E-state index contributed by atoms with van der Waals surface area (Å²) >= 11 is 0. The van der Waals surface area contributed by atoms with E-state index >= 15 is 0 Å². The number of benzene rings is 1. The quantitative estimate of drug-likeness (QED) is 0.469. The van der Waals surface area contributed by atoms with Crippen LogP contribution in [-0.4, -0.2) is 25.9 Å². The van der Waals surface area contributed by atoms with Crippen LogP contribution in [-0.2, 0) is 4.74 Å². The van der Waals surface area contributed by atoms with Crippen LogP contribution in [0.1, 0.15) is 10.4 Å². The van der Waals surface area contributed by atoms with E-state index in [-0.39, 0.29) is 6.79 Å². The fourth-order valence-corrected chi connectivity index (χ4v) is 1.04. The molecule has 0 unspecified atom stereocenters. The van der Waals surface area contributed by atoms with Crippen LogP contribution in [0.25, 0.3) is 0 Å². The molecule has 1 aromatic carbocycles. The van der Waals surface area contributed by atoms with Gasteiger partial charge in [0, 0.05) is 12.7 Å². The number of halogens is 4. The average molecular weight is 252 g/mol. The second-order valence-electron chi connectivity index (χ2n) is 3.02. The summed E-state index contributed by atoms with van der Waals surface area (Å²) in [6.45, 7) is -0.333. The maximum Gasteiger partial charge on any atom is 0.454 e. The van der Waals surface area contributed by atoms with Gasteiger partial charge in [-0.15, -0.1) is 0 Å². The minimum atomic E-state index is -5.00. The van der Waals surface area contributed by atoms with Gasteiger partial charge in [-0.3, -0.25) is 4.79 Å². The Morgan fingerprint density at radius 1 is 1.35 bits per heavy atom. The number of carbonyl (C=O) groups is 1. The summed E-state index contributed by atoms with van der Waals surface area (Å²) < 4.78 is 58.6. The van der Waals surface area contributed by atoms with Crippen LogP contribution in [0, 0.1) is 5.82 Å². The van der Waals surface area contributed by atoms with Crippen LogP contribution in [0.2, 0.25) is 0 Å². The van der Waals surface area contributed by atoms with Crippen LogP contribution in [0.5, 0.6) is 5.75 Å². The zero-order valence-corrected chi connectivity index (χ0v) is 8.68. The Morgan fingerprint density at radius 2 is 2.00 bits per heavy atom. The molecule has 7 heteroatoms. The maximum atomic E-state index is 13.1. The summed E-state index contributed by atoms with van der Waals surface area (Å²) in [6.07, 6.45) is -5.00. The Labute approximate surface area is 93.9 Å². The van der Waals surface area contributed by atoms with Gasteiger partial charge in [-0.25, -0.2) is 4.39 Å². The molecule has 0 aromatic heterocycles. The lowest BCUT2D eigenvalue weighted by molar-refractivity contribution is -0.0885. The highest BCUT2D eigenvalue weighted by molar-refractivity contribution is 6.00. The molecule has 17 heavy (non-hydrogen) atoms. The lowest BCUT2D eigenvalue weighted by atomic mass is 10.1. The van der Waals surface area contributed by atoms with Gasteiger partial charge in [-0.1, -0.05) is 0 Å². The Kier molecular flexibility index (Phi) is 4.06. The van der Waals surface area contributed by atoms with Crippen molar-refractivity contribution in [2.45, 2.75) is 6.18 Å². The maximum absolute atomic E-state index is 13.1. The molecule has 0 aliphatic carbocycles. The summed E-state index contributed by atoms with van der Waals surface area (Å²) in [5.74, 6) is -3.40. The number of carbonyl (C=O) groups excluding carboxylic acids is 1. The molecule has 94 valence electrons. The minimum absolute atomic E-state index is 0.333. The molecule has 0 bridgehead atoms. The first-order chi connectivity index (χ1) is 7.86. The average Bonchev–Trinajstić information content (AvgIpc) is 2.26. The summed E-state index contributed by atoms with van der Waals surface area (Å²) in [6, 6.07) is 2.15. The van der Waals surface area contributed by atoms with Crippen molar-refractivity contribution < 1.29 is 31.8 Å². The van der Waals surface area contributed by atoms with Crippen LogP contribution < -0.4 is 4.74 Å². The second-order valence-corrected chi connectivity index (χ2v) is 3.02. The topological polar surface area (TPSA) is 35.5 Å². The lowest BCUT2D eigenvalue weighted by Crippen LogP contribution is -2.22. The molecule has 0 atom stereocenters. The first kappa shape index (κ1) is 13.4. The number of methoxy groups -OCH3 is 1. The fraction of sp³-hybridized carbons (Fsp3) is 0.300. The SMILES string of the molecule is COCOc1cc(C(=O)C(F)(F)F)ccc1F. The van der Waals surface area contributed by atoms with E-state index in [2.05, 4.69) is 9.47 Å². The van der Waals surface area contributed by atoms with Gasteiger partial charge in [0.15, 0.2) is 18.4 Å². The van der Waals surface area contributed by atoms with Crippen molar-refractivity contribution in [2.24, 2.45) is 0 Å². The standard InChI is InChI=1S/C10H8F4O3/c1-16-5-17-8-4-6(2-3-7(8)11)9(15)10(12,13)14/h2-4H,5H2,1H3. The summed E-state index contributed by atoms with van der Waals surface area (Å²) in [5, 5.41) is 0. The third-order valence-corrected chi connectivity index (χ3v) is 1.78. The Morgan fingerprint density at radius 3 is 2.53 bits per heavy atom. The molecule has 0 heterocycles. The summed E-state index contributed by atoms with van der Waals surface area (Å²) in [7, 11) is 1.27. The first-order valence-corrected chi connectivity index (χ1v) is 4.39. The number of hydrogen-bond donors (Lipinski definition) is 0. The van der Waals surface area contributed by atoms with E-state index in [1.165, 1.54) is 7.11 Å². The number of rotatable bonds is 4. The van der Waals surface area contributed by atoms with Crippen molar-refractivity contribution in [3.8, 4) is 5.75 Å². The van der Waals surface area contributed by atoms with Crippen molar-refractivity contribution >= 4 is 5.78 Å². The molecule has 3 nitrogen and oxygen atoms in total. The Bertz CT molecular complexity index is 415. The molecule has 0 fully saturated rings. The number of ether oxygens (including phenoxy) is 2. The largest absolute Gasteiger partial charge is 0.464 e. The third-order valence-electron chi connectivity index (χ3n) is 1.78. The highest BCUT2D eigenvalue weighted by atomic mass is 19.4. The van der Waals surface area contributed by atoms with Crippen molar-refractivity contribution in [2.75, 3.05) is 13.9 Å². The van der Waals surface area contributed by atoms with Crippen LogP contribution >= 0.6 is 0 Å². The monoisotopic (exact) mass is 252 g/mol. The van der Waals surface area contributed by atoms with Gasteiger partial charge in [-0.2, -0.15) is 13.2 Å². The molecule has 0 aliphatic heterocycles. The molecular weight excluding hydrogens is 244 g/mol. The van der Waals surface area contributed by atoms with E-state index in [1.807, 2.05) is 0 Å². The van der Waals surface area contributed by atoms with Crippen LogP contribution in [0.3, 0.4) is 0 Å². The predicted molar refractivity (Wildman–Crippen MR) is 49.3 cm³/mol. The van der Waals surface area contributed by atoms with E-state index in [1.54, 1.807) is 0 Å². The van der Waals surface area contributed by atoms with Gasteiger partial charge in [0.25, 0.3) is 5.78 Å². The minimum Gasteiger partial charge on any atom is -0.464 e. The fourth-order valence-electron chi connectivity index (χ4n) is 1.04. The van der Waals surface area contributed by atoms with Crippen molar-refractivity contribution in [1.29, 1.82) is 0 Å². The summed E-state index contributed by atoms with van der Waals surface area (Å²) in [4.78, 5) is 10.9. The second kappa shape index (κ2) is 5.13. The first-order valence-electron chi connectivity index (χ1n) is 4.39. The van der Waals surface area contributed by atoms with Crippen LogP contribution in [0.15, 0.2) is 18.2 Å². The highest BCUT2D eigenvalue weighted by Crippen LogP contribution is 2.25. The lowest BCUT2D eigenvalue weighted by Gasteiger charge is -2.09. The smallest absolute Gasteiger partial charge is 0.454 e. The molecule has 1 rings (SSSR count). The van der Waals surface area contributed by atoms with Crippen molar-refractivity contribution in [1.82, 2.24) is 0 Å². The van der Waals surface area contributed by atoms with E-state index in [0.29, 0.717) is 6.07 Å². The summed E-state index contributed by atoms with van der Waals surface area (Å²) in [5.41, 5.74) is -0.690. The molecule has 0 N–H and O–H groups in total. The normalized spacial score (nSPS) is 11.4. The van der Waals surface area contributed by atoms with Gasteiger partial charge in [0.2, 0.25) is 0 Å². The van der Waals surface area contributed by atoms with Gasteiger partial charge < -0.3 is 9.47 Å². The molecule has 0 radical (unpaired) electrons. The number of Topliss-reactive ketones (excluding diaryl/α,β-unsaturated/α-hetero) is 1. The van der Waals surface area contributed by atoms with Crippen LogP contribution in [0.4, 0.5) is 17.6 Å². The molecular formula is C10H8F4O3. The van der Waals surface area contributed by atoms with Gasteiger partial charge in [-0.05, 0) is 18.2 Å². The highest BCUT2D eigenvalue weighted by Gasteiger charge is 2.39. The number of alkyl halides is 3. The Hall–Kier alpha value is -1.63. The van der Waals surface area contributed by atoms with Crippen molar-refractivity contribution in [3.05, 3.63) is 29.6 Å². The predicted octanol–water partition coefficient (Wildman–Crippen LogP) is 2.55. The third kappa shape index (κ3) is 3.42. The van der Waals surface area contributed by atoms with E-state index in [9.17, 15) is 22.4 Å². The molecule has 0 saturated carbocycles. The number of hydrogen-bond acceptors (Lipinski definition) is 3. The molecule has 0 spiro atoms. The molecule has 0 saturated heterocycles. The van der Waals surface area contributed by atoms with E-state index in [4.69, 9.17) is 0 Å². The van der Waals surface area contributed by atoms with Gasteiger partial charge in [0.1, 0.15) is 0 Å². The van der Waals surface area contributed by atoms with Gasteiger partial charge >= 0.3 is 6.18 Å². The van der Waals surface area contributed by atoms with Gasteiger partial charge in [0.05, 0.1) is 0 Å². The Balaban J connectivity index is 3.00. The van der Waals surface area contributed by atoms with E-state index in [0.717, 1.165) is 12.1 Å². The molecule has 0 amide bonds. The molecule has 0 aliphatic rings. The van der Waals surface area contributed by atoms with Crippen molar-refractivity contribution in [3.63, 3.8) is 0 Å². The molecule has 1 aromatic rings. The zero-order valence-electron chi connectivity index (χ0n) is 8.68. The van der Waals surface area contributed by atoms with E-state index < -0.39 is 29.1 Å². The zero-order chi connectivity index (χ0) is 13.1.